The minimum Gasteiger partial charge on any atom is -0.465 e. The standard InChI is InChI=1S/C14H14F3N5O4/c1-3-25-10(23)7-22(13(24)18-2)9-5-4-8(6-19-9)11-20-12(26-21-11)14(15,16)17/h4-6H,3,7H2,1-2H3,(H,18,24). The third kappa shape index (κ3) is 4.46. The quantitative estimate of drug-likeness (QED) is 0.797. The molecule has 1 N–H and O–H groups in total. The molecule has 0 atom stereocenters. The number of ether oxygens (including phenoxy) is 1. The number of hydrogen-bond acceptors (Lipinski definition) is 7. The zero-order valence-corrected chi connectivity index (χ0v) is 13.7. The lowest BCUT2D eigenvalue weighted by atomic mass is 10.2. The topological polar surface area (TPSA) is 110 Å². The number of carbonyl (C=O) groups excluding carboxylic acids is 2. The molecule has 0 fully saturated rings. The number of amides is 2. The first-order valence-corrected chi connectivity index (χ1v) is 7.28. The number of alkyl halides is 3. The average Bonchev–Trinajstić information content (AvgIpc) is 3.10. The second kappa shape index (κ2) is 7.80. The second-order valence-electron chi connectivity index (χ2n) is 4.77. The van der Waals surface area contributed by atoms with Gasteiger partial charge in [-0.25, -0.2) is 9.78 Å². The second-order valence-corrected chi connectivity index (χ2v) is 4.77. The molecule has 2 amide bonds. The summed E-state index contributed by atoms with van der Waals surface area (Å²) in [5, 5.41) is 5.59. The van der Waals surface area contributed by atoms with Crippen molar-refractivity contribution in [2.45, 2.75) is 13.1 Å². The van der Waals surface area contributed by atoms with Crippen molar-refractivity contribution in [2.75, 3.05) is 25.1 Å². The fourth-order valence-electron chi connectivity index (χ4n) is 1.86. The van der Waals surface area contributed by atoms with Crippen LogP contribution in [0.25, 0.3) is 11.4 Å². The summed E-state index contributed by atoms with van der Waals surface area (Å²) < 4.78 is 46.4. The number of anilines is 1. The van der Waals surface area contributed by atoms with Crippen LogP contribution in [0, 0.1) is 0 Å². The van der Waals surface area contributed by atoms with Gasteiger partial charge in [-0.05, 0) is 19.1 Å². The molecule has 26 heavy (non-hydrogen) atoms. The van der Waals surface area contributed by atoms with Gasteiger partial charge in [-0.3, -0.25) is 9.69 Å². The van der Waals surface area contributed by atoms with Gasteiger partial charge in [0, 0.05) is 18.8 Å². The Hall–Kier alpha value is -3.18. The van der Waals surface area contributed by atoms with Crippen molar-refractivity contribution >= 4 is 17.8 Å². The van der Waals surface area contributed by atoms with E-state index in [9.17, 15) is 22.8 Å². The summed E-state index contributed by atoms with van der Waals surface area (Å²) in [5.74, 6) is -2.35. The number of nitrogens with one attached hydrogen (secondary N) is 1. The van der Waals surface area contributed by atoms with Crippen LogP contribution in [0.2, 0.25) is 0 Å². The molecule has 0 bridgehead atoms. The number of urea groups is 1. The van der Waals surface area contributed by atoms with Gasteiger partial charge in [0.15, 0.2) is 0 Å². The molecule has 0 saturated carbocycles. The van der Waals surface area contributed by atoms with Crippen molar-refractivity contribution in [3.63, 3.8) is 0 Å². The number of halogens is 3. The molecule has 0 aliphatic heterocycles. The third-order valence-corrected chi connectivity index (χ3v) is 3.00. The van der Waals surface area contributed by atoms with Crippen LogP contribution in [0.5, 0.6) is 0 Å². The highest BCUT2D eigenvalue weighted by molar-refractivity contribution is 5.95. The van der Waals surface area contributed by atoms with Crippen LogP contribution in [0.1, 0.15) is 12.8 Å². The van der Waals surface area contributed by atoms with Gasteiger partial charge in [-0.1, -0.05) is 5.16 Å². The summed E-state index contributed by atoms with van der Waals surface area (Å²) in [5.41, 5.74) is 0.140. The van der Waals surface area contributed by atoms with Crippen LogP contribution >= 0.6 is 0 Å². The number of rotatable bonds is 5. The first kappa shape index (κ1) is 19.1. The Labute approximate surface area is 145 Å². The van der Waals surface area contributed by atoms with Crippen molar-refractivity contribution in [1.82, 2.24) is 20.4 Å². The molecule has 0 aliphatic rings. The van der Waals surface area contributed by atoms with Crippen LogP contribution < -0.4 is 10.2 Å². The Morgan fingerprint density at radius 3 is 2.58 bits per heavy atom. The Morgan fingerprint density at radius 1 is 1.35 bits per heavy atom. The number of pyridine rings is 1. The average molecular weight is 373 g/mol. The number of esters is 1. The van der Waals surface area contributed by atoms with Crippen LogP contribution in [0.15, 0.2) is 22.9 Å². The molecule has 2 aromatic heterocycles. The summed E-state index contributed by atoms with van der Waals surface area (Å²) in [4.78, 5) is 31.8. The number of aromatic nitrogens is 3. The molecule has 0 unspecified atom stereocenters. The van der Waals surface area contributed by atoms with E-state index in [1.807, 2.05) is 0 Å². The Kier molecular flexibility index (Phi) is 5.75. The lowest BCUT2D eigenvalue weighted by Crippen LogP contribution is -2.42. The summed E-state index contributed by atoms with van der Waals surface area (Å²) >= 11 is 0. The molecule has 2 rings (SSSR count). The molecule has 0 spiro atoms. The minimum absolute atomic E-state index is 0.0840. The van der Waals surface area contributed by atoms with Crippen LogP contribution in [0.4, 0.5) is 23.8 Å². The molecular weight excluding hydrogens is 359 g/mol. The van der Waals surface area contributed by atoms with Gasteiger partial charge in [0.05, 0.1) is 6.61 Å². The monoisotopic (exact) mass is 373 g/mol. The lowest BCUT2D eigenvalue weighted by molar-refractivity contribution is -0.159. The van der Waals surface area contributed by atoms with Gasteiger partial charge in [0.25, 0.3) is 0 Å². The van der Waals surface area contributed by atoms with E-state index in [-0.39, 0.29) is 30.4 Å². The minimum atomic E-state index is -4.76. The van der Waals surface area contributed by atoms with E-state index in [4.69, 9.17) is 4.74 Å². The van der Waals surface area contributed by atoms with Crippen LogP contribution in [-0.2, 0) is 15.7 Å². The molecule has 0 aliphatic carbocycles. The van der Waals surface area contributed by atoms with Gasteiger partial charge in [-0.2, -0.15) is 18.2 Å². The van der Waals surface area contributed by atoms with Crippen molar-refractivity contribution in [3.8, 4) is 11.4 Å². The fourth-order valence-corrected chi connectivity index (χ4v) is 1.86. The summed E-state index contributed by atoms with van der Waals surface area (Å²) in [6.07, 6.45) is -3.60. The maximum atomic E-state index is 12.5. The van der Waals surface area contributed by atoms with E-state index >= 15 is 0 Å². The largest absolute Gasteiger partial charge is 0.471 e. The highest BCUT2D eigenvalue weighted by Crippen LogP contribution is 2.29. The molecule has 0 radical (unpaired) electrons. The zero-order valence-electron chi connectivity index (χ0n) is 13.7. The highest BCUT2D eigenvalue weighted by atomic mass is 19.4. The van der Waals surface area contributed by atoms with Gasteiger partial charge < -0.3 is 14.6 Å². The van der Waals surface area contributed by atoms with Crippen LogP contribution in [0.3, 0.4) is 0 Å². The normalized spacial score (nSPS) is 11.1. The summed E-state index contributed by atoms with van der Waals surface area (Å²) in [6, 6.07) is 2.05. The smallest absolute Gasteiger partial charge is 0.465 e. The van der Waals surface area contributed by atoms with Crippen molar-refractivity contribution in [3.05, 3.63) is 24.2 Å². The molecule has 2 aromatic rings. The SMILES string of the molecule is CCOC(=O)CN(C(=O)NC)c1ccc(-c2noc(C(F)(F)F)n2)cn1. The first-order valence-electron chi connectivity index (χ1n) is 7.28. The summed E-state index contributed by atoms with van der Waals surface area (Å²) in [6.45, 7) is 1.38. The number of nitrogens with zero attached hydrogens (tertiary/aromatic N) is 4. The maximum Gasteiger partial charge on any atom is 0.471 e. The van der Waals surface area contributed by atoms with Gasteiger partial charge in [0.1, 0.15) is 12.4 Å². The fraction of sp³-hybridized carbons (Fsp3) is 0.357. The molecule has 140 valence electrons. The highest BCUT2D eigenvalue weighted by Gasteiger charge is 2.38. The van der Waals surface area contributed by atoms with Crippen LogP contribution in [-0.4, -0.2) is 47.3 Å². The Morgan fingerprint density at radius 2 is 2.08 bits per heavy atom. The zero-order chi connectivity index (χ0) is 19.3. The van der Waals surface area contributed by atoms with E-state index < -0.39 is 24.1 Å². The molecule has 12 heteroatoms. The molecule has 9 nitrogen and oxygen atoms in total. The predicted octanol–water partition coefficient (Wildman–Crippen LogP) is 1.86. The van der Waals surface area contributed by atoms with E-state index in [1.54, 1.807) is 6.92 Å². The van der Waals surface area contributed by atoms with E-state index in [1.165, 1.54) is 19.2 Å². The predicted molar refractivity (Wildman–Crippen MR) is 81.0 cm³/mol. The summed E-state index contributed by atoms with van der Waals surface area (Å²) in [7, 11) is 1.37. The van der Waals surface area contributed by atoms with Crippen molar-refractivity contribution in [1.29, 1.82) is 0 Å². The van der Waals surface area contributed by atoms with Gasteiger partial charge in [-0.15, -0.1) is 0 Å². The van der Waals surface area contributed by atoms with E-state index in [2.05, 4.69) is 25.0 Å². The van der Waals surface area contributed by atoms with Gasteiger partial charge >= 0.3 is 24.1 Å². The molecule has 0 aromatic carbocycles. The Balaban J connectivity index is 2.23. The first-order chi connectivity index (χ1) is 12.3. The van der Waals surface area contributed by atoms with Crippen molar-refractivity contribution < 1.29 is 32.0 Å². The molecule has 0 saturated heterocycles. The maximum absolute atomic E-state index is 12.5. The van der Waals surface area contributed by atoms with Gasteiger partial charge in [0.2, 0.25) is 5.82 Å². The Bertz CT molecular complexity index is 776. The number of carbonyl (C=O) groups is 2. The third-order valence-electron chi connectivity index (χ3n) is 3.00. The van der Waals surface area contributed by atoms with E-state index in [0.717, 1.165) is 11.1 Å². The lowest BCUT2D eigenvalue weighted by Gasteiger charge is -2.20. The number of hydrogen-bond donors (Lipinski definition) is 1. The van der Waals surface area contributed by atoms with E-state index in [0.29, 0.717) is 0 Å². The van der Waals surface area contributed by atoms with Crippen molar-refractivity contribution in [2.24, 2.45) is 0 Å². The molecule has 2 heterocycles. The molecular formula is C14H14F3N5O4.